The summed E-state index contributed by atoms with van der Waals surface area (Å²) in [5, 5.41) is 0. The number of hydrogen-bond donors (Lipinski definition) is 0. The number of hydrogen-bond acceptors (Lipinski definition) is 0. The minimum absolute atomic E-state index is 0.770. The molecule has 7 heteroatoms. The van der Waals surface area contributed by atoms with Crippen molar-refractivity contribution in [1.82, 2.24) is 0 Å². The van der Waals surface area contributed by atoms with E-state index in [0.29, 0.717) is 0 Å². The largest absolute Gasteiger partial charge is 0.324 e. The molecule has 31 valence electrons. The molecule has 7 heavy (non-hydrogen) atoms. The first kappa shape index (κ1) is 6.35. The molecule has 0 aromatic carbocycles. The second kappa shape index (κ2) is 3.29. The molecule has 1 aliphatic heterocycles. The minimum atomic E-state index is -1.21. The Morgan fingerprint density at radius 1 is 1.00 bits per heavy atom. The first-order chi connectivity index (χ1) is 3.39. The second-order valence-electron chi connectivity index (χ2n) is 0.939. The molecular formula is FSi6. The quantitative estimate of drug-likeness (QED) is 0.308. The Morgan fingerprint density at radius 2 is 1.57 bits per heavy atom. The van der Waals surface area contributed by atoms with Gasteiger partial charge in [-0.3, -0.25) is 0 Å². The lowest BCUT2D eigenvalue weighted by atomic mass is 18.9. The third kappa shape index (κ3) is 2.32. The number of rotatable bonds is 0. The highest BCUT2D eigenvalue weighted by atomic mass is 30.1. The maximum atomic E-state index is 12.3. The zero-order valence-corrected chi connectivity index (χ0v) is 9.38. The van der Waals surface area contributed by atoms with Crippen LogP contribution in [-0.2, 0) is 0 Å². The molecule has 0 spiro atoms. The molecular weight excluding hydrogens is 188 g/mol. The molecule has 0 atom stereocenters. The summed E-state index contributed by atoms with van der Waals surface area (Å²) in [6.45, 7) is 0. The Hall–Kier alpha value is 1.23. The molecule has 0 nitrogen and oxygen atoms in total. The third-order valence-corrected chi connectivity index (χ3v) is 32.9. The van der Waals surface area contributed by atoms with Gasteiger partial charge in [-0.2, -0.15) is 0 Å². The highest BCUT2D eigenvalue weighted by molar-refractivity contribution is 7.78. The molecule has 1 aliphatic rings. The van der Waals surface area contributed by atoms with Crippen molar-refractivity contribution in [3.8, 4) is 0 Å². The van der Waals surface area contributed by atoms with Crippen LogP contribution in [-0.4, -0.2) is 50.9 Å². The van der Waals surface area contributed by atoms with Crippen molar-refractivity contribution >= 4 is 50.9 Å². The van der Waals surface area contributed by atoms with E-state index in [2.05, 4.69) is 0 Å². The SMILES string of the molecule is F[Si]1[Si][Si][Si][Si][Si]1. The Balaban J connectivity index is 2.12. The molecule has 1 rings (SSSR count). The van der Waals surface area contributed by atoms with Crippen LogP contribution in [0.4, 0.5) is 4.11 Å². The van der Waals surface area contributed by atoms with Crippen LogP contribution in [0.15, 0.2) is 0 Å². The van der Waals surface area contributed by atoms with Gasteiger partial charge in [0.15, 0.2) is 0 Å². The van der Waals surface area contributed by atoms with E-state index in [1.807, 2.05) is 0 Å². The molecule has 1 fully saturated rings. The average molecular weight is 188 g/mol. The minimum Gasteiger partial charge on any atom is -0.324 e. The van der Waals surface area contributed by atoms with Crippen LogP contribution in [0.1, 0.15) is 0 Å². The summed E-state index contributed by atoms with van der Waals surface area (Å²) >= 11 is 0. The summed E-state index contributed by atoms with van der Waals surface area (Å²) in [6.07, 6.45) is 0. The van der Waals surface area contributed by atoms with Gasteiger partial charge in [0, 0.05) is 42.8 Å². The predicted octanol–water partition coefficient (Wildman–Crippen LogP) is -1.86. The van der Waals surface area contributed by atoms with E-state index in [9.17, 15) is 4.11 Å². The van der Waals surface area contributed by atoms with Crippen LogP contribution in [0.5, 0.6) is 0 Å². The molecule has 0 aliphatic carbocycles. The first-order valence-electron chi connectivity index (χ1n) is 1.69. The summed E-state index contributed by atoms with van der Waals surface area (Å²) in [5.74, 6) is 0. The van der Waals surface area contributed by atoms with Gasteiger partial charge in [-0.05, 0) is 0 Å². The summed E-state index contributed by atoms with van der Waals surface area (Å²) < 4.78 is 12.3. The van der Waals surface area contributed by atoms with Crippen molar-refractivity contribution in [3.63, 3.8) is 0 Å². The van der Waals surface area contributed by atoms with E-state index in [-0.39, 0.29) is 0 Å². The van der Waals surface area contributed by atoms with Gasteiger partial charge in [-0.15, -0.1) is 0 Å². The van der Waals surface area contributed by atoms with Gasteiger partial charge in [0.05, 0.1) is 0 Å². The van der Waals surface area contributed by atoms with E-state index in [1.54, 1.807) is 0 Å². The molecule has 0 saturated carbocycles. The lowest BCUT2D eigenvalue weighted by Crippen LogP contribution is -2.45. The van der Waals surface area contributed by atoms with Crippen LogP contribution in [0, 0.1) is 0 Å². The lowest BCUT2D eigenvalue weighted by Gasteiger charge is -2.05. The zero-order chi connectivity index (χ0) is 5.11. The van der Waals surface area contributed by atoms with Gasteiger partial charge in [-0.1, -0.05) is 0 Å². The van der Waals surface area contributed by atoms with Crippen molar-refractivity contribution in [1.29, 1.82) is 0 Å². The molecule has 0 bridgehead atoms. The molecule has 0 aromatic rings. The average Bonchev–Trinajstić information content (AvgIpc) is 1.69. The van der Waals surface area contributed by atoms with Crippen molar-refractivity contribution < 1.29 is 4.11 Å². The molecule has 11 radical (unpaired) electrons. The highest BCUT2D eigenvalue weighted by Crippen LogP contribution is 1.80. The van der Waals surface area contributed by atoms with Gasteiger partial charge in [-0.25, -0.2) is 0 Å². The Morgan fingerprint density at radius 3 is 1.86 bits per heavy atom. The molecule has 0 aromatic heterocycles. The molecule has 0 amide bonds. The fourth-order valence-corrected chi connectivity index (χ4v) is 49.4. The van der Waals surface area contributed by atoms with Gasteiger partial charge >= 0.3 is 0 Å². The van der Waals surface area contributed by atoms with Gasteiger partial charge in [0.1, 0.15) is 0 Å². The predicted molar refractivity (Wildman–Crippen MR) is 35.6 cm³/mol. The normalized spacial score (nSPS) is 25.3. The van der Waals surface area contributed by atoms with Crippen LogP contribution in [0.3, 0.4) is 0 Å². The fourth-order valence-electron chi connectivity index (χ4n) is 0.235. The van der Waals surface area contributed by atoms with Crippen molar-refractivity contribution in [2.24, 2.45) is 0 Å². The van der Waals surface area contributed by atoms with E-state index < -0.39 is 8.17 Å². The van der Waals surface area contributed by atoms with E-state index in [0.717, 1.165) is 42.8 Å². The third-order valence-electron chi connectivity index (χ3n) is 0.469. The summed E-state index contributed by atoms with van der Waals surface area (Å²) in [6, 6.07) is 0. The Labute approximate surface area is 55.3 Å². The van der Waals surface area contributed by atoms with Gasteiger partial charge in [0.25, 0.3) is 0 Å². The second-order valence-corrected chi connectivity index (χ2v) is 22.0. The van der Waals surface area contributed by atoms with Crippen LogP contribution in [0.25, 0.3) is 0 Å². The highest BCUT2D eigenvalue weighted by Gasteiger charge is 2.16. The summed E-state index contributed by atoms with van der Waals surface area (Å²) in [4.78, 5) is 0. The van der Waals surface area contributed by atoms with Crippen molar-refractivity contribution in [2.45, 2.75) is 0 Å². The smallest absolute Gasteiger partial charge is 0.221 e. The molecule has 0 N–H and O–H groups in total. The Bertz CT molecular complexity index is 46.1. The van der Waals surface area contributed by atoms with Gasteiger partial charge < -0.3 is 4.11 Å². The summed E-state index contributed by atoms with van der Waals surface area (Å²) in [5.41, 5.74) is 0. The van der Waals surface area contributed by atoms with E-state index in [1.165, 1.54) is 0 Å². The van der Waals surface area contributed by atoms with Gasteiger partial charge in [0.2, 0.25) is 8.17 Å². The maximum absolute atomic E-state index is 12.3. The molecule has 1 heterocycles. The Kier molecular flexibility index (Phi) is 2.99. The van der Waals surface area contributed by atoms with Crippen molar-refractivity contribution in [2.75, 3.05) is 0 Å². The van der Waals surface area contributed by atoms with E-state index in [4.69, 9.17) is 0 Å². The van der Waals surface area contributed by atoms with Crippen LogP contribution >= 0.6 is 0 Å². The topological polar surface area (TPSA) is 0 Å². The maximum Gasteiger partial charge on any atom is 0.221 e. The standard InChI is InChI=1S/FSi6/c1-7-5-3-2-4-6-7. The van der Waals surface area contributed by atoms with E-state index >= 15 is 0 Å². The zero-order valence-electron chi connectivity index (χ0n) is 3.38. The molecule has 1 saturated heterocycles. The van der Waals surface area contributed by atoms with Crippen LogP contribution < -0.4 is 0 Å². The monoisotopic (exact) mass is 187 g/mol. The van der Waals surface area contributed by atoms with Crippen LogP contribution in [0.2, 0.25) is 0 Å². The molecule has 0 unspecified atom stereocenters. The lowest BCUT2D eigenvalue weighted by molar-refractivity contribution is 0.883. The first-order valence-corrected chi connectivity index (χ1v) is 14.1. The fraction of sp³-hybridized carbons (Fsp3) is 0. The number of halogens is 1. The van der Waals surface area contributed by atoms with Crippen molar-refractivity contribution in [3.05, 3.63) is 0 Å². The summed E-state index contributed by atoms with van der Waals surface area (Å²) in [7, 11) is 3.54.